The van der Waals surface area contributed by atoms with Crippen molar-refractivity contribution in [2.45, 2.75) is 25.3 Å². The van der Waals surface area contributed by atoms with Crippen molar-refractivity contribution in [1.82, 2.24) is 20.4 Å². The first-order chi connectivity index (χ1) is 17.3. The number of benzene rings is 2. The number of aromatic nitrogens is 2. The van der Waals surface area contributed by atoms with Gasteiger partial charge in [-0.1, -0.05) is 29.4 Å². The van der Waals surface area contributed by atoms with Gasteiger partial charge in [0.1, 0.15) is 13.1 Å². The number of carboxylic acid groups (broad SMARTS) is 2. The fraction of sp³-hybridized carbons (Fsp3) is 0.208. The van der Waals surface area contributed by atoms with E-state index in [0.717, 1.165) is 17.7 Å². The summed E-state index contributed by atoms with van der Waals surface area (Å²) in [4.78, 5) is 62.2. The van der Waals surface area contributed by atoms with Gasteiger partial charge in [0.25, 0.3) is 17.7 Å². The van der Waals surface area contributed by atoms with Crippen molar-refractivity contribution in [2.75, 3.05) is 6.54 Å². The summed E-state index contributed by atoms with van der Waals surface area (Å²) in [6, 6.07) is 12.4. The maximum absolute atomic E-state index is 12.2. The molecule has 0 spiro atoms. The molecule has 5 rings (SSSR count). The van der Waals surface area contributed by atoms with E-state index < -0.39 is 24.4 Å². The summed E-state index contributed by atoms with van der Waals surface area (Å²) in [5, 5.41) is 23.1. The summed E-state index contributed by atoms with van der Waals surface area (Å²) < 4.78 is 5.12. The first-order valence-corrected chi connectivity index (χ1v) is 10.9. The van der Waals surface area contributed by atoms with E-state index in [-0.39, 0.29) is 29.5 Å². The van der Waals surface area contributed by atoms with Gasteiger partial charge in [-0.2, -0.15) is 4.98 Å². The average molecular weight is 492 g/mol. The lowest BCUT2D eigenvalue weighted by molar-refractivity contribution is -0.135. The minimum absolute atomic E-state index is 0.0338. The lowest BCUT2D eigenvalue weighted by Gasteiger charge is -2.09. The molecule has 3 aromatic rings. The minimum atomic E-state index is -1.24. The second kappa shape index (κ2) is 10.2. The number of aromatic carboxylic acids is 1. The number of hydrogen-bond donors (Lipinski definition) is 3. The number of carboxylic acids is 2. The van der Waals surface area contributed by atoms with Gasteiger partial charge < -0.3 is 20.1 Å². The Bertz CT molecular complexity index is 1330. The molecule has 1 aromatic heterocycles. The van der Waals surface area contributed by atoms with Crippen molar-refractivity contribution >= 4 is 29.7 Å². The molecule has 3 N–H and O–H groups in total. The van der Waals surface area contributed by atoms with Crippen LogP contribution in [0.15, 0.2) is 53.1 Å². The lowest BCUT2D eigenvalue weighted by atomic mass is 10.1. The zero-order valence-corrected chi connectivity index (χ0v) is 18.7. The van der Waals surface area contributed by atoms with Crippen molar-refractivity contribution < 1.29 is 38.7 Å². The number of fused-ring (bicyclic) bond motifs is 1. The normalized spacial score (nSPS) is 14.1. The molecule has 3 amide bonds. The molecule has 1 saturated carbocycles. The Balaban J connectivity index is 0.000000175. The van der Waals surface area contributed by atoms with Crippen LogP contribution in [0.1, 0.15) is 71.9 Å². The fourth-order valence-electron chi connectivity index (χ4n) is 3.48. The maximum Gasteiger partial charge on any atom is 0.336 e. The minimum Gasteiger partial charge on any atom is -0.480 e. The molecule has 12 heteroatoms. The third-order valence-corrected chi connectivity index (χ3v) is 5.40. The topological polar surface area (TPSA) is 180 Å². The van der Waals surface area contributed by atoms with Gasteiger partial charge in [-0.3, -0.25) is 24.1 Å². The molecule has 1 fully saturated rings. The van der Waals surface area contributed by atoms with E-state index in [1.807, 2.05) is 0 Å². The van der Waals surface area contributed by atoms with Crippen LogP contribution in [0.2, 0.25) is 0 Å². The Morgan fingerprint density at radius 1 is 0.944 bits per heavy atom. The number of nitrogens with zero attached hydrogens (tertiary/aromatic N) is 3. The van der Waals surface area contributed by atoms with Gasteiger partial charge in [0.15, 0.2) is 5.82 Å². The number of aliphatic carboxylic acids is 1. The lowest BCUT2D eigenvalue weighted by Crippen LogP contribution is -2.30. The smallest absolute Gasteiger partial charge is 0.336 e. The third kappa shape index (κ3) is 5.27. The molecule has 184 valence electrons. The number of hydrogen-bond acceptors (Lipinski definition) is 8. The van der Waals surface area contributed by atoms with Gasteiger partial charge in [-0.15, -0.1) is 0 Å². The Kier molecular flexibility index (Phi) is 6.86. The van der Waals surface area contributed by atoms with Gasteiger partial charge >= 0.3 is 11.9 Å². The number of rotatable bonds is 7. The number of imide groups is 1. The van der Waals surface area contributed by atoms with Crippen LogP contribution in [0.5, 0.6) is 0 Å². The fourth-order valence-corrected chi connectivity index (χ4v) is 3.48. The molecular weight excluding hydrogens is 472 g/mol. The van der Waals surface area contributed by atoms with Crippen LogP contribution in [0.4, 0.5) is 0 Å². The van der Waals surface area contributed by atoms with Gasteiger partial charge in [0.2, 0.25) is 5.89 Å². The molecule has 2 aromatic carbocycles. The molecule has 12 nitrogen and oxygen atoms in total. The molecule has 2 aliphatic rings. The predicted molar refractivity (Wildman–Crippen MR) is 120 cm³/mol. The highest BCUT2D eigenvalue weighted by atomic mass is 16.5. The molecule has 0 atom stereocenters. The highest BCUT2D eigenvalue weighted by molar-refractivity contribution is 6.21. The molecular formula is C24H20N4O8. The molecule has 36 heavy (non-hydrogen) atoms. The SMILES string of the molecule is O=C(O)CNC(=O)c1ccccc1C(=O)O.O=C1c2ccccc2C(=O)N1Cc1nc(C2CC2)no1. The van der Waals surface area contributed by atoms with Crippen LogP contribution in [0.25, 0.3) is 0 Å². The number of nitrogens with one attached hydrogen (secondary N) is 1. The van der Waals surface area contributed by atoms with Gasteiger partial charge in [-0.05, 0) is 37.1 Å². The summed E-state index contributed by atoms with van der Waals surface area (Å²) >= 11 is 0. The quantitative estimate of drug-likeness (QED) is 0.412. The molecule has 2 heterocycles. The summed E-state index contributed by atoms with van der Waals surface area (Å²) in [5.41, 5.74) is 0.639. The maximum atomic E-state index is 12.2. The number of carbonyl (C=O) groups is 5. The standard InChI is InChI=1S/C14H11N3O3.C10H9NO5/c18-13-9-3-1-2-4-10(9)14(19)17(13)7-11-15-12(16-20-11)8-5-6-8;12-8(13)5-11-9(14)6-3-1-2-4-7(6)10(15)16/h1-4,8H,5-7H2;1-4H,5H2,(H,11,14)(H,12,13)(H,15,16). The molecule has 1 aliphatic heterocycles. The zero-order chi connectivity index (χ0) is 25.8. The Labute approximate surface area is 203 Å². The van der Waals surface area contributed by atoms with E-state index >= 15 is 0 Å². The molecule has 0 radical (unpaired) electrons. The zero-order valence-electron chi connectivity index (χ0n) is 18.7. The van der Waals surface area contributed by atoms with E-state index in [0.29, 0.717) is 28.8 Å². The average Bonchev–Trinajstić information content (AvgIpc) is 3.58. The first-order valence-electron chi connectivity index (χ1n) is 10.9. The summed E-state index contributed by atoms with van der Waals surface area (Å²) in [7, 11) is 0. The van der Waals surface area contributed by atoms with Crippen LogP contribution < -0.4 is 5.32 Å². The van der Waals surface area contributed by atoms with Gasteiger partial charge in [0, 0.05) is 5.92 Å². The molecule has 0 saturated heterocycles. The van der Waals surface area contributed by atoms with E-state index in [1.54, 1.807) is 24.3 Å². The van der Waals surface area contributed by atoms with Crippen LogP contribution in [0.3, 0.4) is 0 Å². The van der Waals surface area contributed by atoms with Crippen LogP contribution >= 0.6 is 0 Å². The van der Waals surface area contributed by atoms with Crippen molar-refractivity contribution in [3.8, 4) is 0 Å². The van der Waals surface area contributed by atoms with Crippen molar-refractivity contribution in [1.29, 1.82) is 0 Å². The van der Waals surface area contributed by atoms with Crippen molar-refractivity contribution in [2.24, 2.45) is 0 Å². The molecule has 1 aliphatic carbocycles. The molecule has 0 bridgehead atoms. The van der Waals surface area contributed by atoms with Gasteiger partial charge in [0.05, 0.1) is 22.3 Å². The van der Waals surface area contributed by atoms with E-state index in [9.17, 15) is 24.0 Å². The monoisotopic (exact) mass is 492 g/mol. The van der Waals surface area contributed by atoms with E-state index in [1.165, 1.54) is 24.3 Å². The number of carbonyl (C=O) groups excluding carboxylic acids is 3. The first kappa shape index (κ1) is 24.3. The highest BCUT2D eigenvalue weighted by Gasteiger charge is 2.37. The summed E-state index contributed by atoms with van der Waals surface area (Å²) in [5.74, 6) is -2.40. The Morgan fingerprint density at radius 2 is 1.53 bits per heavy atom. The van der Waals surface area contributed by atoms with Crippen molar-refractivity contribution in [3.05, 3.63) is 82.5 Å². The van der Waals surface area contributed by atoms with Gasteiger partial charge in [-0.25, -0.2) is 4.79 Å². The Morgan fingerprint density at radius 3 is 2.08 bits per heavy atom. The summed E-state index contributed by atoms with van der Waals surface area (Å²) in [6.07, 6.45) is 2.15. The largest absolute Gasteiger partial charge is 0.480 e. The second-order valence-electron chi connectivity index (χ2n) is 7.99. The third-order valence-electron chi connectivity index (χ3n) is 5.40. The predicted octanol–water partition coefficient (Wildman–Crippen LogP) is 1.94. The highest BCUT2D eigenvalue weighted by Crippen LogP contribution is 2.38. The van der Waals surface area contributed by atoms with Crippen LogP contribution in [0, 0.1) is 0 Å². The summed E-state index contributed by atoms with van der Waals surface area (Å²) in [6.45, 7) is -0.515. The Hall–Kier alpha value is -4.87. The van der Waals surface area contributed by atoms with E-state index in [4.69, 9.17) is 14.7 Å². The van der Waals surface area contributed by atoms with E-state index in [2.05, 4.69) is 15.5 Å². The van der Waals surface area contributed by atoms with Crippen LogP contribution in [-0.2, 0) is 11.3 Å². The van der Waals surface area contributed by atoms with Crippen molar-refractivity contribution in [3.63, 3.8) is 0 Å². The molecule has 0 unspecified atom stereocenters. The van der Waals surface area contributed by atoms with Crippen LogP contribution in [-0.4, -0.2) is 61.5 Å². The number of amides is 3. The second-order valence-corrected chi connectivity index (χ2v) is 7.99.